The second-order valence-corrected chi connectivity index (χ2v) is 6.65. The highest BCUT2D eigenvalue weighted by Crippen LogP contribution is 2.38. The molecule has 2 atom stereocenters. The molecule has 1 saturated carbocycles. The lowest BCUT2D eigenvalue weighted by molar-refractivity contribution is -0.148. The van der Waals surface area contributed by atoms with Crippen molar-refractivity contribution in [1.29, 1.82) is 0 Å². The molecular weight excluding hydrogens is 346 g/mol. The van der Waals surface area contributed by atoms with E-state index in [1.807, 2.05) is 0 Å². The van der Waals surface area contributed by atoms with Crippen LogP contribution >= 0.6 is 27.5 Å². The van der Waals surface area contributed by atoms with Crippen LogP contribution < -0.4 is 5.32 Å². The predicted molar refractivity (Wildman–Crippen MR) is 80.0 cm³/mol. The molecule has 6 heteroatoms. The summed E-state index contributed by atoms with van der Waals surface area (Å²) in [6, 6.07) is 4.56. The summed E-state index contributed by atoms with van der Waals surface area (Å²) in [4.78, 5) is 23.6. The number of carboxylic acid groups (broad SMARTS) is 1. The number of aliphatic carboxylic acids is 1. The number of carbonyl (C=O) groups excluding carboxylic acids is 1. The lowest BCUT2D eigenvalue weighted by atomic mass is 9.85. The fraction of sp³-hybridized carbons (Fsp3) is 0.429. The highest BCUT2D eigenvalue weighted by atomic mass is 79.9. The van der Waals surface area contributed by atoms with Gasteiger partial charge in [0, 0.05) is 21.1 Å². The van der Waals surface area contributed by atoms with E-state index in [1.165, 1.54) is 0 Å². The number of benzene rings is 1. The third-order valence-electron chi connectivity index (χ3n) is 3.88. The van der Waals surface area contributed by atoms with E-state index in [9.17, 15) is 14.7 Å². The van der Waals surface area contributed by atoms with Crippen LogP contribution in [-0.4, -0.2) is 23.0 Å². The highest BCUT2D eigenvalue weighted by Gasteiger charge is 2.45. The van der Waals surface area contributed by atoms with Crippen molar-refractivity contribution in [2.45, 2.75) is 32.2 Å². The molecule has 0 aliphatic heterocycles. The molecular formula is C14H15BrClNO3. The van der Waals surface area contributed by atoms with Gasteiger partial charge in [0.05, 0.1) is 5.41 Å². The number of carbonyl (C=O) groups is 2. The standard InChI is InChI=1S/C14H15BrClNO3/c1-14(13(19)20)4-2-3-11(14)17-12(18)8-5-9(15)7-10(16)6-8/h5-7,11H,2-4H2,1H3,(H,17,18)(H,19,20). The molecule has 1 aromatic rings. The molecule has 1 fully saturated rings. The Hall–Kier alpha value is -1.07. The number of rotatable bonds is 3. The Kier molecular flexibility index (Phi) is 4.39. The van der Waals surface area contributed by atoms with E-state index in [4.69, 9.17) is 11.6 Å². The molecule has 2 rings (SSSR count). The molecule has 2 N–H and O–H groups in total. The Morgan fingerprint density at radius 1 is 1.45 bits per heavy atom. The Morgan fingerprint density at radius 2 is 2.15 bits per heavy atom. The molecule has 1 aromatic carbocycles. The minimum Gasteiger partial charge on any atom is -0.481 e. The van der Waals surface area contributed by atoms with Crippen molar-refractivity contribution < 1.29 is 14.7 Å². The van der Waals surface area contributed by atoms with Crippen LogP contribution in [0.25, 0.3) is 0 Å². The maximum absolute atomic E-state index is 12.2. The fourth-order valence-electron chi connectivity index (χ4n) is 2.58. The van der Waals surface area contributed by atoms with E-state index >= 15 is 0 Å². The van der Waals surface area contributed by atoms with E-state index in [0.29, 0.717) is 27.9 Å². The molecule has 1 amide bonds. The maximum atomic E-state index is 12.2. The van der Waals surface area contributed by atoms with Crippen LogP contribution in [0.5, 0.6) is 0 Å². The monoisotopic (exact) mass is 359 g/mol. The molecule has 0 radical (unpaired) electrons. The van der Waals surface area contributed by atoms with Gasteiger partial charge in [-0.1, -0.05) is 34.0 Å². The van der Waals surface area contributed by atoms with Crippen molar-refractivity contribution in [1.82, 2.24) is 5.32 Å². The first kappa shape index (κ1) is 15.3. The van der Waals surface area contributed by atoms with Crippen LogP contribution in [0.2, 0.25) is 5.02 Å². The van der Waals surface area contributed by atoms with E-state index in [1.54, 1.807) is 25.1 Å². The van der Waals surface area contributed by atoms with Crippen molar-refractivity contribution in [2.75, 3.05) is 0 Å². The van der Waals surface area contributed by atoms with E-state index in [2.05, 4.69) is 21.2 Å². The largest absolute Gasteiger partial charge is 0.481 e. The van der Waals surface area contributed by atoms with Gasteiger partial charge >= 0.3 is 5.97 Å². The van der Waals surface area contributed by atoms with Gasteiger partial charge in [-0.15, -0.1) is 0 Å². The summed E-state index contributed by atoms with van der Waals surface area (Å²) >= 11 is 9.19. The molecule has 2 unspecified atom stereocenters. The highest BCUT2D eigenvalue weighted by molar-refractivity contribution is 9.10. The van der Waals surface area contributed by atoms with Gasteiger partial charge < -0.3 is 10.4 Å². The summed E-state index contributed by atoms with van der Waals surface area (Å²) in [7, 11) is 0. The summed E-state index contributed by atoms with van der Waals surface area (Å²) in [5.74, 6) is -1.17. The lowest BCUT2D eigenvalue weighted by Crippen LogP contribution is -2.47. The van der Waals surface area contributed by atoms with Gasteiger partial charge in [-0.2, -0.15) is 0 Å². The van der Waals surface area contributed by atoms with Crippen LogP contribution in [0.3, 0.4) is 0 Å². The molecule has 0 saturated heterocycles. The van der Waals surface area contributed by atoms with Crippen LogP contribution in [0, 0.1) is 5.41 Å². The summed E-state index contributed by atoms with van der Waals surface area (Å²) in [5, 5.41) is 12.6. The number of carboxylic acids is 1. The van der Waals surface area contributed by atoms with E-state index in [-0.39, 0.29) is 11.9 Å². The molecule has 1 aliphatic rings. The van der Waals surface area contributed by atoms with Gasteiger partial charge in [0.15, 0.2) is 0 Å². The van der Waals surface area contributed by atoms with Crippen molar-refractivity contribution in [3.63, 3.8) is 0 Å². The Morgan fingerprint density at radius 3 is 2.75 bits per heavy atom. The zero-order chi connectivity index (χ0) is 14.9. The van der Waals surface area contributed by atoms with Crippen LogP contribution in [-0.2, 0) is 4.79 Å². The second kappa shape index (κ2) is 5.74. The Balaban J connectivity index is 2.17. The van der Waals surface area contributed by atoms with Gasteiger partial charge in [-0.25, -0.2) is 0 Å². The molecule has 0 heterocycles. The summed E-state index contributed by atoms with van der Waals surface area (Å²) in [6.45, 7) is 1.68. The van der Waals surface area contributed by atoms with E-state index < -0.39 is 11.4 Å². The zero-order valence-electron chi connectivity index (χ0n) is 11.0. The van der Waals surface area contributed by atoms with Crippen molar-refractivity contribution in [2.24, 2.45) is 5.41 Å². The van der Waals surface area contributed by atoms with Crippen LogP contribution in [0.4, 0.5) is 0 Å². The third-order valence-corrected chi connectivity index (χ3v) is 4.55. The third kappa shape index (κ3) is 2.99. The quantitative estimate of drug-likeness (QED) is 0.867. The average Bonchev–Trinajstić information content (AvgIpc) is 2.71. The maximum Gasteiger partial charge on any atom is 0.311 e. The molecule has 4 nitrogen and oxygen atoms in total. The normalized spacial score (nSPS) is 25.4. The van der Waals surface area contributed by atoms with Crippen molar-refractivity contribution >= 4 is 39.4 Å². The predicted octanol–water partition coefficient (Wildman–Crippen LogP) is 3.48. The summed E-state index contributed by atoms with van der Waals surface area (Å²) in [5.41, 5.74) is -0.477. The minimum absolute atomic E-state index is 0.299. The lowest BCUT2D eigenvalue weighted by Gasteiger charge is -2.27. The second-order valence-electron chi connectivity index (χ2n) is 5.30. The number of halogens is 2. The van der Waals surface area contributed by atoms with Crippen LogP contribution in [0.1, 0.15) is 36.5 Å². The van der Waals surface area contributed by atoms with Crippen LogP contribution in [0.15, 0.2) is 22.7 Å². The number of amides is 1. The van der Waals surface area contributed by atoms with E-state index in [0.717, 1.165) is 6.42 Å². The van der Waals surface area contributed by atoms with Gasteiger partial charge in [0.2, 0.25) is 0 Å². The smallest absolute Gasteiger partial charge is 0.311 e. The van der Waals surface area contributed by atoms with Crippen molar-refractivity contribution in [3.8, 4) is 0 Å². The SMILES string of the molecule is CC1(C(=O)O)CCCC1NC(=O)c1cc(Cl)cc(Br)c1. The summed E-state index contributed by atoms with van der Waals surface area (Å²) < 4.78 is 0.711. The first-order chi connectivity index (χ1) is 9.33. The Labute approximate surface area is 130 Å². The van der Waals surface area contributed by atoms with Gasteiger partial charge in [0.25, 0.3) is 5.91 Å². The average molecular weight is 361 g/mol. The number of hydrogen-bond acceptors (Lipinski definition) is 2. The first-order valence-corrected chi connectivity index (χ1v) is 7.50. The molecule has 20 heavy (non-hydrogen) atoms. The number of hydrogen-bond donors (Lipinski definition) is 2. The van der Waals surface area contributed by atoms with Crippen molar-refractivity contribution in [3.05, 3.63) is 33.3 Å². The number of nitrogens with one attached hydrogen (secondary N) is 1. The minimum atomic E-state index is -0.897. The summed E-state index contributed by atoms with van der Waals surface area (Å²) in [6.07, 6.45) is 2.05. The molecule has 0 bridgehead atoms. The van der Waals surface area contributed by atoms with Gasteiger partial charge in [0.1, 0.15) is 0 Å². The topological polar surface area (TPSA) is 66.4 Å². The Bertz CT molecular complexity index is 543. The zero-order valence-corrected chi connectivity index (χ0v) is 13.3. The molecule has 1 aliphatic carbocycles. The molecule has 108 valence electrons. The fourth-order valence-corrected chi connectivity index (χ4v) is 3.44. The van der Waals surface area contributed by atoms with Gasteiger partial charge in [-0.05, 0) is 38.0 Å². The molecule has 0 spiro atoms. The van der Waals surface area contributed by atoms with Gasteiger partial charge in [-0.3, -0.25) is 9.59 Å². The first-order valence-electron chi connectivity index (χ1n) is 6.33. The molecule has 0 aromatic heterocycles.